The van der Waals surface area contributed by atoms with Gasteiger partial charge in [0.2, 0.25) is 0 Å². The van der Waals surface area contributed by atoms with Gasteiger partial charge in [-0.1, -0.05) is 59.3 Å². The van der Waals surface area contributed by atoms with Gasteiger partial charge in [0.15, 0.2) is 0 Å². The van der Waals surface area contributed by atoms with Gasteiger partial charge >= 0.3 is 0 Å². The molecule has 0 N–H and O–H groups in total. The second kappa shape index (κ2) is 4.87. The first-order chi connectivity index (χ1) is 10.2. The first kappa shape index (κ1) is 13.4. The Labute approximate surface area is 129 Å². The summed E-state index contributed by atoms with van der Waals surface area (Å²) in [5.74, 6) is 2.36. The Bertz CT molecular complexity index is 592. The Morgan fingerprint density at radius 1 is 1.14 bits per heavy atom. The predicted octanol–water partition coefficient (Wildman–Crippen LogP) is 5.76. The number of fused-ring (bicyclic) bond motifs is 3. The van der Waals surface area contributed by atoms with Crippen LogP contribution in [0.4, 0.5) is 0 Å². The lowest BCUT2D eigenvalue weighted by Gasteiger charge is -2.45. The molecule has 0 heteroatoms. The minimum absolute atomic E-state index is 0.370. The van der Waals surface area contributed by atoms with Gasteiger partial charge in [-0.05, 0) is 63.7 Å². The average Bonchev–Trinajstić information content (AvgIpc) is 3.12. The standard InChI is InChI=1S/C21H26/c1-15(2)19-12-7-13-20-18-11-6-3-8-16(18)14-21(19,20)17-9-4-5-10-17/h3-6,8-9,11,16,18,20H,7,10,12-14H2,1-2H3. The van der Waals surface area contributed by atoms with Gasteiger partial charge in [-0.25, -0.2) is 0 Å². The molecule has 0 bridgehead atoms. The molecule has 2 saturated carbocycles. The van der Waals surface area contributed by atoms with Gasteiger partial charge in [0, 0.05) is 5.41 Å². The van der Waals surface area contributed by atoms with Gasteiger partial charge < -0.3 is 0 Å². The van der Waals surface area contributed by atoms with Crippen LogP contribution in [0.15, 0.2) is 59.3 Å². The largest absolute Gasteiger partial charge is 0.0808 e. The maximum atomic E-state index is 2.51. The van der Waals surface area contributed by atoms with E-state index in [1.807, 2.05) is 0 Å². The fourth-order valence-corrected chi connectivity index (χ4v) is 5.70. The summed E-state index contributed by atoms with van der Waals surface area (Å²) in [5, 5.41) is 0. The summed E-state index contributed by atoms with van der Waals surface area (Å²) in [4.78, 5) is 0. The molecule has 110 valence electrons. The van der Waals surface area contributed by atoms with E-state index in [-0.39, 0.29) is 0 Å². The third kappa shape index (κ3) is 1.81. The third-order valence-corrected chi connectivity index (χ3v) is 6.38. The molecule has 0 aliphatic heterocycles. The van der Waals surface area contributed by atoms with Crippen molar-refractivity contribution in [3.63, 3.8) is 0 Å². The molecule has 0 radical (unpaired) electrons. The van der Waals surface area contributed by atoms with Gasteiger partial charge in [-0.15, -0.1) is 0 Å². The highest BCUT2D eigenvalue weighted by molar-refractivity contribution is 5.44. The highest BCUT2D eigenvalue weighted by Crippen LogP contribution is 2.65. The minimum Gasteiger partial charge on any atom is -0.0808 e. The molecular formula is C21H26. The van der Waals surface area contributed by atoms with E-state index in [0.29, 0.717) is 5.41 Å². The normalized spacial score (nSPS) is 40.2. The van der Waals surface area contributed by atoms with Crippen LogP contribution >= 0.6 is 0 Å². The summed E-state index contributed by atoms with van der Waals surface area (Å²) in [6, 6.07) is 0. The minimum atomic E-state index is 0.370. The fourth-order valence-electron chi connectivity index (χ4n) is 5.70. The summed E-state index contributed by atoms with van der Waals surface area (Å²) < 4.78 is 0. The van der Waals surface area contributed by atoms with Gasteiger partial charge in [0.25, 0.3) is 0 Å². The van der Waals surface area contributed by atoms with Crippen LogP contribution in [-0.2, 0) is 0 Å². The van der Waals surface area contributed by atoms with Crippen molar-refractivity contribution < 1.29 is 0 Å². The van der Waals surface area contributed by atoms with E-state index in [1.165, 1.54) is 32.1 Å². The second-order valence-electron chi connectivity index (χ2n) is 7.49. The van der Waals surface area contributed by atoms with Crippen LogP contribution in [0.25, 0.3) is 0 Å². The molecule has 0 aromatic heterocycles. The van der Waals surface area contributed by atoms with E-state index in [2.05, 4.69) is 56.4 Å². The Morgan fingerprint density at radius 2 is 2.00 bits per heavy atom. The Hall–Kier alpha value is -1.30. The van der Waals surface area contributed by atoms with Crippen LogP contribution in [0.2, 0.25) is 0 Å². The highest BCUT2D eigenvalue weighted by Gasteiger charge is 2.56. The summed E-state index contributed by atoms with van der Waals surface area (Å²) in [6.45, 7) is 4.69. The topological polar surface area (TPSA) is 0 Å². The molecule has 0 amide bonds. The Kier molecular flexibility index (Phi) is 3.10. The van der Waals surface area contributed by atoms with Crippen LogP contribution in [0.1, 0.15) is 46.0 Å². The molecule has 4 unspecified atom stereocenters. The van der Waals surface area contributed by atoms with E-state index in [0.717, 1.165) is 17.8 Å². The molecule has 4 aliphatic carbocycles. The molecule has 0 aromatic rings. The van der Waals surface area contributed by atoms with E-state index >= 15 is 0 Å². The number of hydrogen-bond acceptors (Lipinski definition) is 0. The van der Waals surface area contributed by atoms with E-state index in [4.69, 9.17) is 0 Å². The lowest BCUT2D eigenvalue weighted by molar-refractivity contribution is 0.216. The average molecular weight is 278 g/mol. The quantitative estimate of drug-likeness (QED) is 0.535. The zero-order chi connectivity index (χ0) is 14.4. The molecule has 4 aliphatic rings. The van der Waals surface area contributed by atoms with Gasteiger partial charge in [0.05, 0.1) is 0 Å². The van der Waals surface area contributed by atoms with Crippen molar-refractivity contribution in [1.29, 1.82) is 0 Å². The van der Waals surface area contributed by atoms with Crippen LogP contribution in [-0.4, -0.2) is 0 Å². The lowest BCUT2D eigenvalue weighted by Crippen LogP contribution is -2.36. The lowest BCUT2D eigenvalue weighted by atomic mass is 9.58. The first-order valence-corrected chi connectivity index (χ1v) is 8.61. The summed E-state index contributed by atoms with van der Waals surface area (Å²) in [6.07, 6.45) is 23.3. The SMILES string of the molecule is CC(C)=C1CCCC2C3C=CC=CC3CC12C1=CC=CC1. The van der Waals surface area contributed by atoms with Crippen LogP contribution < -0.4 is 0 Å². The van der Waals surface area contributed by atoms with Crippen LogP contribution in [0, 0.1) is 23.2 Å². The van der Waals surface area contributed by atoms with Crippen molar-refractivity contribution in [3.05, 3.63) is 59.3 Å². The molecule has 0 heterocycles. The maximum Gasteiger partial charge on any atom is 0.0169 e. The first-order valence-electron chi connectivity index (χ1n) is 8.61. The Morgan fingerprint density at radius 3 is 2.76 bits per heavy atom. The molecule has 0 saturated heterocycles. The summed E-state index contributed by atoms with van der Waals surface area (Å²) in [7, 11) is 0. The van der Waals surface area contributed by atoms with E-state index in [1.54, 1.807) is 16.7 Å². The van der Waals surface area contributed by atoms with Crippen molar-refractivity contribution in [2.75, 3.05) is 0 Å². The maximum absolute atomic E-state index is 2.51. The zero-order valence-electron chi connectivity index (χ0n) is 13.3. The molecule has 0 aromatic carbocycles. The number of hydrogen-bond donors (Lipinski definition) is 0. The van der Waals surface area contributed by atoms with Crippen molar-refractivity contribution in [3.8, 4) is 0 Å². The van der Waals surface area contributed by atoms with Crippen molar-refractivity contribution in [2.24, 2.45) is 23.2 Å². The number of rotatable bonds is 1. The molecule has 0 spiro atoms. The van der Waals surface area contributed by atoms with Crippen molar-refractivity contribution in [2.45, 2.75) is 46.0 Å². The van der Waals surface area contributed by atoms with Crippen LogP contribution in [0.5, 0.6) is 0 Å². The van der Waals surface area contributed by atoms with Crippen molar-refractivity contribution in [1.82, 2.24) is 0 Å². The smallest absolute Gasteiger partial charge is 0.0169 e. The zero-order valence-corrected chi connectivity index (χ0v) is 13.3. The van der Waals surface area contributed by atoms with Crippen molar-refractivity contribution >= 4 is 0 Å². The highest BCUT2D eigenvalue weighted by atomic mass is 14.6. The molecule has 0 nitrogen and oxygen atoms in total. The summed E-state index contributed by atoms with van der Waals surface area (Å²) >= 11 is 0. The van der Waals surface area contributed by atoms with E-state index < -0.39 is 0 Å². The van der Waals surface area contributed by atoms with Gasteiger partial charge in [0.1, 0.15) is 0 Å². The van der Waals surface area contributed by atoms with Gasteiger partial charge in [-0.2, -0.15) is 0 Å². The van der Waals surface area contributed by atoms with Gasteiger partial charge in [-0.3, -0.25) is 0 Å². The monoisotopic (exact) mass is 278 g/mol. The Balaban J connectivity index is 1.87. The third-order valence-electron chi connectivity index (χ3n) is 6.38. The molecule has 2 fully saturated rings. The predicted molar refractivity (Wildman–Crippen MR) is 89.9 cm³/mol. The summed E-state index contributed by atoms with van der Waals surface area (Å²) in [5.41, 5.74) is 5.44. The second-order valence-corrected chi connectivity index (χ2v) is 7.49. The fraction of sp³-hybridized carbons (Fsp3) is 0.524. The van der Waals surface area contributed by atoms with E-state index in [9.17, 15) is 0 Å². The van der Waals surface area contributed by atoms with Crippen LogP contribution in [0.3, 0.4) is 0 Å². The number of allylic oxidation sites excluding steroid dienone is 10. The molecule has 4 rings (SSSR count). The molecule has 21 heavy (non-hydrogen) atoms. The molecule has 4 atom stereocenters. The molecular weight excluding hydrogens is 252 g/mol.